The fraction of sp³-hybridized carbons (Fsp3) is 0.0833. The Balaban J connectivity index is 0.775. The molecule has 0 aliphatic heterocycles. The van der Waals surface area contributed by atoms with Crippen molar-refractivity contribution < 1.29 is 36.4 Å². The molecule has 2 heterocycles. The molecule has 10 nitrogen and oxygen atoms in total. The van der Waals surface area contributed by atoms with Crippen molar-refractivity contribution in [1.29, 1.82) is 0 Å². The molecule has 1 atom stereocenters. The first-order valence-corrected chi connectivity index (χ1v) is 21.8. The van der Waals surface area contributed by atoms with Crippen molar-refractivity contribution in [2.75, 3.05) is 0 Å². The first kappa shape index (κ1) is 39.8. The van der Waals surface area contributed by atoms with Gasteiger partial charge in [0.25, 0.3) is 0 Å². The third-order valence-corrected chi connectivity index (χ3v) is 12.6. The lowest BCUT2D eigenvalue weighted by atomic mass is 10.1. The van der Waals surface area contributed by atoms with Crippen LogP contribution in [0, 0.1) is 0 Å². The highest BCUT2D eigenvalue weighted by Crippen LogP contribution is 2.23. The van der Waals surface area contributed by atoms with E-state index in [9.17, 15) is 22.2 Å². The number of carbonyl (C=O) groups excluding carboxylic acids is 2. The minimum absolute atomic E-state index is 0.160. The van der Waals surface area contributed by atoms with Crippen LogP contribution in [0.1, 0.15) is 43.2 Å². The van der Waals surface area contributed by atoms with Crippen LogP contribution < -0.4 is 9.47 Å². The molecule has 12 heteroatoms. The standard InChI is InChI=1S/C48H36N2O8S2/c51-47(37-13-9-33(10-14-37)29-56-41-21-25-43(26-22-41)59(53)31-39-19-17-35-5-1-3-7-45(35)49-39)58-48(52)38-15-11-34(12-16-38)30-57-42-23-27-44(28-24-42)60(54,55)32-40-20-18-36-6-2-4-8-46(36)50-40/h1-28H,29-32H2. The van der Waals surface area contributed by atoms with Crippen LogP contribution in [0.2, 0.25) is 0 Å². The van der Waals surface area contributed by atoms with Gasteiger partial charge in [0, 0.05) is 15.7 Å². The highest BCUT2D eigenvalue weighted by molar-refractivity contribution is 7.90. The van der Waals surface area contributed by atoms with Crippen molar-refractivity contribution in [1.82, 2.24) is 9.97 Å². The van der Waals surface area contributed by atoms with E-state index in [2.05, 4.69) is 9.97 Å². The molecule has 0 aliphatic carbocycles. The van der Waals surface area contributed by atoms with E-state index >= 15 is 0 Å². The molecule has 0 aliphatic rings. The Kier molecular flexibility index (Phi) is 11.8. The second-order valence-electron chi connectivity index (χ2n) is 13.8. The predicted molar refractivity (Wildman–Crippen MR) is 229 cm³/mol. The highest BCUT2D eigenvalue weighted by atomic mass is 32.2. The summed E-state index contributed by atoms with van der Waals surface area (Å²) >= 11 is 0. The summed E-state index contributed by atoms with van der Waals surface area (Å²) in [7, 11) is -4.91. The minimum Gasteiger partial charge on any atom is -0.489 e. The van der Waals surface area contributed by atoms with Crippen LogP contribution in [0.5, 0.6) is 11.5 Å². The van der Waals surface area contributed by atoms with E-state index in [0.717, 1.165) is 38.6 Å². The maximum Gasteiger partial charge on any atom is 0.346 e. The molecule has 6 aromatic carbocycles. The van der Waals surface area contributed by atoms with E-state index in [4.69, 9.17) is 14.2 Å². The van der Waals surface area contributed by atoms with E-state index in [1.165, 1.54) is 24.3 Å². The Bertz CT molecular complexity index is 2960. The van der Waals surface area contributed by atoms with Crippen LogP contribution in [-0.2, 0) is 50.1 Å². The van der Waals surface area contributed by atoms with Gasteiger partial charge in [0.2, 0.25) is 0 Å². The molecule has 1 unspecified atom stereocenters. The number of hydrogen-bond acceptors (Lipinski definition) is 10. The second-order valence-corrected chi connectivity index (χ2v) is 17.3. The van der Waals surface area contributed by atoms with E-state index in [0.29, 0.717) is 27.8 Å². The van der Waals surface area contributed by atoms with Crippen molar-refractivity contribution in [2.45, 2.75) is 34.5 Å². The zero-order valence-corrected chi connectivity index (χ0v) is 33.6. The van der Waals surface area contributed by atoms with E-state index in [1.54, 1.807) is 78.9 Å². The van der Waals surface area contributed by atoms with Crippen LogP contribution in [-0.4, -0.2) is 34.5 Å². The number of rotatable bonds is 14. The van der Waals surface area contributed by atoms with Gasteiger partial charge in [-0.3, -0.25) is 14.2 Å². The lowest BCUT2D eigenvalue weighted by Gasteiger charge is -2.09. The lowest BCUT2D eigenvalue weighted by molar-refractivity contribution is 0.0397. The number of ether oxygens (including phenoxy) is 3. The maximum atomic E-state index is 13.1. The topological polar surface area (TPSA) is 139 Å². The molecule has 0 radical (unpaired) electrons. The molecule has 0 bridgehead atoms. The zero-order valence-electron chi connectivity index (χ0n) is 32.0. The smallest absolute Gasteiger partial charge is 0.346 e. The number of carbonyl (C=O) groups is 2. The van der Waals surface area contributed by atoms with Gasteiger partial charge in [-0.25, -0.2) is 18.0 Å². The summed E-state index contributed by atoms with van der Waals surface area (Å²) in [6.45, 7) is 0.389. The quantitative estimate of drug-likeness (QED) is 0.0770. The Morgan fingerprint density at radius 3 is 1.52 bits per heavy atom. The molecule has 0 saturated carbocycles. The molecule has 8 aromatic rings. The maximum absolute atomic E-state index is 13.1. The van der Waals surface area contributed by atoms with Crippen molar-refractivity contribution in [2.24, 2.45) is 0 Å². The summed E-state index contributed by atoms with van der Waals surface area (Å²) in [5, 5.41) is 1.98. The summed E-state index contributed by atoms with van der Waals surface area (Å²) < 4.78 is 56.0. The van der Waals surface area contributed by atoms with Crippen molar-refractivity contribution in [3.8, 4) is 11.5 Å². The molecular weight excluding hydrogens is 797 g/mol. The Hall–Kier alpha value is -7.02. The van der Waals surface area contributed by atoms with E-state index < -0.39 is 32.6 Å². The summed E-state index contributed by atoms with van der Waals surface area (Å²) in [5.41, 5.74) is 4.75. The third kappa shape index (κ3) is 9.80. The Morgan fingerprint density at radius 1 is 0.517 bits per heavy atom. The summed E-state index contributed by atoms with van der Waals surface area (Å²) in [6.07, 6.45) is 0. The number of benzene rings is 6. The Labute approximate surface area is 348 Å². The average Bonchev–Trinajstić information content (AvgIpc) is 3.28. The van der Waals surface area contributed by atoms with Crippen LogP contribution in [0.4, 0.5) is 0 Å². The predicted octanol–water partition coefficient (Wildman–Crippen LogP) is 9.22. The summed E-state index contributed by atoms with van der Waals surface area (Å²) in [6, 6.07) is 49.1. The van der Waals surface area contributed by atoms with Gasteiger partial charge in [-0.15, -0.1) is 0 Å². The van der Waals surface area contributed by atoms with Gasteiger partial charge in [0.15, 0.2) is 9.84 Å². The van der Waals surface area contributed by atoms with Crippen molar-refractivity contribution in [3.63, 3.8) is 0 Å². The zero-order chi connectivity index (χ0) is 41.5. The number of sulfone groups is 1. The Morgan fingerprint density at radius 2 is 0.983 bits per heavy atom. The van der Waals surface area contributed by atoms with Crippen LogP contribution in [0.3, 0.4) is 0 Å². The van der Waals surface area contributed by atoms with Gasteiger partial charge in [-0.1, -0.05) is 72.8 Å². The molecule has 0 saturated heterocycles. The molecule has 298 valence electrons. The second kappa shape index (κ2) is 17.9. The fourth-order valence-corrected chi connectivity index (χ4v) is 8.62. The van der Waals surface area contributed by atoms with Gasteiger partial charge in [0.05, 0.1) is 60.7 Å². The minimum atomic E-state index is -3.63. The van der Waals surface area contributed by atoms with Crippen LogP contribution in [0.25, 0.3) is 21.8 Å². The molecule has 0 fully saturated rings. The first-order valence-electron chi connectivity index (χ1n) is 18.9. The number of hydrogen-bond donors (Lipinski definition) is 0. The van der Waals surface area contributed by atoms with Crippen LogP contribution >= 0.6 is 0 Å². The number of nitrogens with zero attached hydrogens (tertiary/aromatic N) is 2. The SMILES string of the molecule is O=C(OC(=O)c1ccc(COc2ccc(S(=O)(=O)Cc3ccc4ccccc4n3)cc2)cc1)c1ccc(COc2ccc(S(=O)Cc3ccc4ccccc4n3)cc2)cc1. The normalized spacial score (nSPS) is 11.9. The average molecular weight is 833 g/mol. The highest BCUT2D eigenvalue weighted by Gasteiger charge is 2.18. The number of aromatic nitrogens is 2. The molecule has 60 heavy (non-hydrogen) atoms. The molecular formula is C48H36N2O8S2. The number of fused-ring (bicyclic) bond motifs is 2. The molecule has 8 rings (SSSR count). The summed E-state index contributed by atoms with van der Waals surface area (Å²) in [4.78, 5) is 35.5. The number of esters is 2. The lowest BCUT2D eigenvalue weighted by Crippen LogP contribution is -2.13. The van der Waals surface area contributed by atoms with Gasteiger partial charge < -0.3 is 14.2 Å². The number of pyridine rings is 2. The van der Waals surface area contributed by atoms with Crippen molar-refractivity contribution in [3.05, 3.63) is 203 Å². The number of para-hydroxylation sites is 2. The molecule has 0 amide bonds. The third-order valence-electron chi connectivity index (χ3n) is 9.57. The van der Waals surface area contributed by atoms with Gasteiger partial charge in [0.1, 0.15) is 24.7 Å². The summed E-state index contributed by atoms with van der Waals surface area (Å²) in [5.74, 6) is -0.442. The van der Waals surface area contributed by atoms with Crippen LogP contribution in [0.15, 0.2) is 180 Å². The molecule has 0 spiro atoms. The fourth-order valence-electron chi connectivity index (χ4n) is 6.31. The van der Waals surface area contributed by atoms with Gasteiger partial charge in [-0.05, 0) is 108 Å². The molecule has 2 aromatic heterocycles. The van der Waals surface area contributed by atoms with Gasteiger partial charge in [-0.2, -0.15) is 0 Å². The van der Waals surface area contributed by atoms with E-state index in [1.807, 2.05) is 66.7 Å². The van der Waals surface area contributed by atoms with Gasteiger partial charge >= 0.3 is 11.9 Å². The van der Waals surface area contributed by atoms with E-state index in [-0.39, 0.29) is 35.0 Å². The largest absolute Gasteiger partial charge is 0.489 e. The molecule has 0 N–H and O–H groups in total. The monoisotopic (exact) mass is 832 g/mol. The first-order chi connectivity index (χ1) is 29.1. The van der Waals surface area contributed by atoms with Crippen molar-refractivity contribution >= 4 is 54.4 Å².